The van der Waals surface area contributed by atoms with Crippen LogP contribution in [0.15, 0.2) is 16.5 Å². The Labute approximate surface area is 94.8 Å². The molecule has 16 heavy (non-hydrogen) atoms. The van der Waals surface area contributed by atoms with E-state index in [1.165, 1.54) is 19.4 Å². The van der Waals surface area contributed by atoms with E-state index in [4.69, 9.17) is 4.42 Å². The number of carbonyl (C=O) groups excluding carboxylic acids is 1. The van der Waals surface area contributed by atoms with Crippen LogP contribution in [0.5, 0.6) is 0 Å². The number of furan rings is 1. The monoisotopic (exact) mass is 220 g/mol. The quantitative estimate of drug-likeness (QED) is 0.705. The molecule has 4 heteroatoms. The standard InChI is InChI=1S/C12H16N2O2/c15-9-11-3-4-12(16-11)14-7-6-13-5-1-2-10(13)8-14/h3-4,9-10H,1-2,5-8H2. The molecule has 0 amide bonds. The first kappa shape index (κ1) is 9.90. The number of hydrogen-bond donors (Lipinski definition) is 0. The maximum atomic E-state index is 10.6. The highest BCUT2D eigenvalue weighted by Gasteiger charge is 2.31. The van der Waals surface area contributed by atoms with Gasteiger partial charge in [-0.25, -0.2) is 0 Å². The van der Waals surface area contributed by atoms with Gasteiger partial charge < -0.3 is 9.32 Å². The maximum Gasteiger partial charge on any atom is 0.196 e. The van der Waals surface area contributed by atoms with Gasteiger partial charge in [0.2, 0.25) is 0 Å². The molecule has 1 unspecified atom stereocenters. The fraction of sp³-hybridized carbons (Fsp3) is 0.583. The molecule has 2 saturated heterocycles. The van der Waals surface area contributed by atoms with Crippen LogP contribution in [0, 0.1) is 0 Å². The zero-order valence-electron chi connectivity index (χ0n) is 9.26. The summed E-state index contributed by atoms with van der Waals surface area (Å²) >= 11 is 0. The molecule has 1 aromatic rings. The summed E-state index contributed by atoms with van der Waals surface area (Å²) < 4.78 is 5.46. The first-order chi connectivity index (χ1) is 7.86. The second-order valence-electron chi connectivity index (χ2n) is 4.57. The fourth-order valence-corrected chi connectivity index (χ4v) is 2.77. The Morgan fingerprint density at radius 2 is 2.25 bits per heavy atom. The third-order valence-corrected chi connectivity index (χ3v) is 3.63. The molecule has 2 aliphatic rings. The minimum Gasteiger partial charge on any atom is -0.438 e. The number of carbonyl (C=O) groups is 1. The average Bonchev–Trinajstić information content (AvgIpc) is 2.96. The predicted octanol–water partition coefficient (Wildman–Crippen LogP) is 1.38. The number of rotatable bonds is 2. The van der Waals surface area contributed by atoms with Crippen LogP contribution in [0.1, 0.15) is 23.4 Å². The maximum absolute atomic E-state index is 10.6. The van der Waals surface area contributed by atoms with E-state index >= 15 is 0 Å². The van der Waals surface area contributed by atoms with E-state index in [2.05, 4.69) is 9.80 Å². The molecule has 0 saturated carbocycles. The normalized spacial score (nSPS) is 25.8. The summed E-state index contributed by atoms with van der Waals surface area (Å²) in [6.07, 6.45) is 3.36. The summed E-state index contributed by atoms with van der Waals surface area (Å²) in [7, 11) is 0. The molecule has 3 heterocycles. The van der Waals surface area contributed by atoms with Crippen LogP contribution in [-0.2, 0) is 0 Å². The molecule has 0 spiro atoms. The molecule has 1 aromatic heterocycles. The Bertz CT molecular complexity index is 388. The topological polar surface area (TPSA) is 36.7 Å². The molecule has 2 aliphatic heterocycles. The molecule has 2 fully saturated rings. The summed E-state index contributed by atoms with van der Waals surface area (Å²) in [5, 5.41) is 0. The van der Waals surface area contributed by atoms with Gasteiger partial charge in [-0.2, -0.15) is 0 Å². The minimum absolute atomic E-state index is 0.420. The molecular formula is C12H16N2O2. The Morgan fingerprint density at radius 1 is 1.31 bits per heavy atom. The molecule has 0 radical (unpaired) electrons. The lowest BCUT2D eigenvalue weighted by Crippen LogP contribution is -2.50. The summed E-state index contributed by atoms with van der Waals surface area (Å²) in [6, 6.07) is 4.32. The minimum atomic E-state index is 0.420. The molecular weight excluding hydrogens is 204 g/mol. The van der Waals surface area contributed by atoms with Gasteiger partial charge in [0.25, 0.3) is 0 Å². The van der Waals surface area contributed by atoms with Crippen LogP contribution in [0.25, 0.3) is 0 Å². The highest BCUT2D eigenvalue weighted by molar-refractivity contribution is 5.71. The number of hydrogen-bond acceptors (Lipinski definition) is 4. The average molecular weight is 220 g/mol. The lowest BCUT2D eigenvalue weighted by atomic mass is 10.1. The summed E-state index contributed by atoms with van der Waals surface area (Å²) in [5.41, 5.74) is 0. The molecule has 0 N–H and O–H groups in total. The zero-order valence-corrected chi connectivity index (χ0v) is 9.26. The van der Waals surface area contributed by atoms with Crippen molar-refractivity contribution in [2.45, 2.75) is 18.9 Å². The first-order valence-corrected chi connectivity index (χ1v) is 5.91. The van der Waals surface area contributed by atoms with Crippen molar-refractivity contribution in [3.63, 3.8) is 0 Å². The van der Waals surface area contributed by atoms with Crippen molar-refractivity contribution < 1.29 is 9.21 Å². The van der Waals surface area contributed by atoms with E-state index in [1.54, 1.807) is 6.07 Å². The van der Waals surface area contributed by atoms with Crippen LogP contribution in [-0.4, -0.2) is 43.4 Å². The predicted molar refractivity (Wildman–Crippen MR) is 60.9 cm³/mol. The molecule has 4 nitrogen and oxygen atoms in total. The van der Waals surface area contributed by atoms with E-state index in [0.29, 0.717) is 11.8 Å². The van der Waals surface area contributed by atoms with E-state index in [0.717, 1.165) is 31.8 Å². The third kappa shape index (κ3) is 1.63. The second-order valence-corrected chi connectivity index (χ2v) is 4.57. The summed E-state index contributed by atoms with van der Waals surface area (Å²) in [4.78, 5) is 15.4. The molecule has 0 aromatic carbocycles. The van der Waals surface area contributed by atoms with Crippen molar-refractivity contribution in [3.8, 4) is 0 Å². The van der Waals surface area contributed by atoms with Gasteiger partial charge in [-0.15, -0.1) is 0 Å². The van der Waals surface area contributed by atoms with Gasteiger partial charge >= 0.3 is 0 Å². The highest BCUT2D eigenvalue weighted by Crippen LogP contribution is 2.26. The number of nitrogens with zero attached hydrogens (tertiary/aromatic N) is 2. The van der Waals surface area contributed by atoms with Crippen molar-refractivity contribution >= 4 is 12.2 Å². The van der Waals surface area contributed by atoms with Crippen LogP contribution in [0.4, 0.5) is 5.88 Å². The van der Waals surface area contributed by atoms with Crippen molar-refractivity contribution in [1.82, 2.24) is 4.90 Å². The van der Waals surface area contributed by atoms with E-state index in [1.807, 2.05) is 6.07 Å². The largest absolute Gasteiger partial charge is 0.438 e. The van der Waals surface area contributed by atoms with Crippen molar-refractivity contribution in [2.24, 2.45) is 0 Å². The van der Waals surface area contributed by atoms with Gasteiger partial charge in [0.1, 0.15) is 0 Å². The van der Waals surface area contributed by atoms with Crippen LogP contribution >= 0.6 is 0 Å². The third-order valence-electron chi connectivity index (χ3n) is 3.63. The Kier molecular flexibility index (Phi) is 2.44. The molecule has 3 rings (SSSR count). The van der Waals surface area contributed by atoms with Gasteiger partial charge in [-0.3, -0.25) is 9.69 Å². The van der Waals surface area contributed by atoms with E-state index in [-0.39, 0.29) is 0 Å². The SMILES string of the molecule is O=Cc1ccc(N2CCN3CCCC3C2)o1. The van der Waals surface area contributed by atoms with Gasteiger partial charge in [0.05, 0.1) is 0 Å². The van der Waals surface area contributed by atoms with Gasteiger partial charge in [0.15, 0.2) is 17.9 Å². The molecule has 0 bridgehead atoms. The van der Waals surface area contributed by atoms with Crippen LogP contribution in [0.3, 0.4) is 0 Å². The fourth-order valence-electron chi connectivity index (χ4n) is 2.77. The van der Waals surface area contributed by atoms with Crippen molar-refractivity contribution in [3.05, 3.63) is 17.9 Å². The number of anilines is 1. The van der Waals surface area contributed by atoms with Crippen LogP contribution in [0.2, 0.25) is 0 Å². The lowest BCUT2D eigenvalue weighted by Gasteiger charge is -2.37. The Balaban J connectivity index is 1.73. The number of piperazine rings is 1. The molecule has 1 atom stereocenters. The highest BCUT2D eigenvalue weighted by atomic mass is 16.4. The summed E-state index contributed by atoms with van der Waals surface area (Å²) in [6.45, 7) is 4.39. The van der Waals surface area contributed by atoms with Gasteiger partial charge in [-0.1, -0.05) is 0 Å². The van der Waals surface area contributed by atoms with E-state index in [9.17, 15) is 4.79 Å². The number of fused-ring (bicyclic) bond motifs is 1. The van der Waals surface area contributed by atoms with Crippen molar-refractivity contribution in [1.29, 1.82) is 0 Å². The number of aldehydes is 1. The van der Waals surface area contributed by atoms with Gasteiger partial charge in [-0.05, 0) is 25.5 Å². The van der Waals surface area contributed by atoms with Gasteiger partial charge in [0, 0.05) is 31.7 Å². The lowest BCUT2D eigenvalue weighted by molar-refractivity contribution is 0.110. The Morgan fingerprint density at radius 3 is 3.06 bits per heavy atom. The first-order valence-electron chi connectivity index (χ1n) is 5.91. The Hall–Kier alpha value is -1.29. The molecule has 86 valence electrons. The second kappa shape index (κ2) is 3.94. The molecule has 0 aliphatic carbocycles. The van der Waals surface area contributed by atoms with Crippen molar-refractivity contribution in [2.75, 3.05) is 31.1 Å². The van der Waals surface area contributed by atoms with Crippen LogP contribution < -0.4 is 4.90 Å². The smallest absolute Gasteiger partial charge is 0.196 e. The van der Waals surface area contributed by atoms with E-state index < -0.39 is 0 Å². The summed E-state index contributed by atoms with van der Waals surface area (Å²) in [5.74, 6) is 1.26. The zero-order chi connectivity index (χ0) is 11.0.